The van der Waals surface area contributed by atoms with E-state index in [0.29, 0.717) is 24.3 Å². The van der Waals surface area contributed by atoms with Crippen LogP contribution in [-0.4, -0.2) is 49.9 Å². The number of ether oxygens (including phenoxy) is 1. The number of carbonyl (C=O) groups is 1. The minimum absolute atomic E-state index is 0.0140. The van der Waals surface area contributed by atoms with E-state index in [4.69, 9.17) is 21.6 Å². The topological polar surface area (TPSA) is 87.5 Å². The van der Waals surface area contributed by atoms with Crippen molar-refractivity contribution in [1.82, 2.24) is 4.90 Å². The second-order valence-corrected chi connectivity index (χ2v) is 8.68. The predicted molar refractivity (Wildman–Crippen MR) is 95.3 cm³/mol. The number of benzene rings is 1. The zero-order chi connectivity index (χ0) is 18.4. The van der Waals surface area contributed by atoms with Crippen molar-refractivity contribution in [3.63, 3.8) is 0 Å². The summed E-state index contributed by atoms with van der Waals surface area (Å²) in [5.74, 6) is 0.204. The van der Waals surface area contributed by atoms with Gasteiger partial charge in [0.05, 0.1) is 28.2 Å². The SMILES string of the molecule is CCCCN(C(=O)COc1ccc(C#N)cc1Cl)C1CCS(=O)(=O)C1. The summed E-state index contributed by atoms with van der Waals surface area (Å²) in [6.45, 7) is 2.31. The highest BCUT2D eigenvalue weighted by atomic mass is 35.5. The number of carbonyl (C=O) groups excluding carboxylic acids is 1. The van der Waals surface area contributed by atoms with Crippen LogP contribution in [0.4, 0.5) is 0 Å². The van der Waals surface area contributed by atoms with E-state index >= 15 is 0 Å². The maximum Gasteiger partial charge on any atom is 0.260 e. The Balaban J connectivity index is 2.03. The van der Waals surface area contributed by atoms with Crippen molar-refractivity contribution in [2.75, 3.05) is 24.7 Å². The number of nitrogens with zero attached hydrogens (tertiary/aromatic N) is 2. The van der Waals surface area contributed by atoms with Gasteiger partial charge in [0, 0.05) is 12.6 Å². The number of sulfone groups is 1. The first-order valence-corrected chi connectivity index (χ1v) is 10.4. The fourth-order valence-electron chi connectivity index (χ4n) is 2.77. The van der Waals surface area contributed by atoms with Gasteiger partial charge < -0.3 is 9.64 Å². The summed E-state index contributed by atoms with van der Waals surface area (Å²) >= 11 is 6.04. The lowest BCUT2D eigenvalue weighted by Crippen LogP contribution is -2.44. The van der Waals surface area contributed by atoms with Crippen molar-refractivity contribution in [3.05, 3.63) is 28.8 Å². The summed E-state index contributed by atoms with van der Waals surface area (Å²) in [7, 11) is -3.07. The minimum atomic E-state index is -3.07. The van der Waals surface area contributed by atoms with Crippen LogP contribution in [0.5, 0.6) is 5.75 Å². The molecule has 1 fully saturated rings. The lowest BCUT2D eigenvalue weighted by Gasteiger charge is -2.28. The first kappa shape index (κ1) is 19.5. The molecule has 1 amide bonds. The Bertz CT molecular complexity index is 773. The van der Waals surface area contributed by atoms with E-state index in [1.807, 2.05) is 13.0 Å². The molecule has 0 aromatic heterocycles. The van der Waals surface area contributed by atoms with E-state index in [-0.39, 0.29) is 35.1 Å². The molecule has 1 aromatic carbocycles. The normalized spacial score (nSPS) is 18.5. The van der Waals surface area contributed by atoms with Crippen LogP contribution in [-0.2, 0) is 14.6 Å². The van der Waals surface area contributed by atoms with Gasteiger partial charge in [0.25, 0.3) is 5.91 Å². The highest BCUT2D eigenvalue weighted by Gasteiger charge is 2.34. The lowest BCUT2D eigenvalue weighted by molar-refractivity contribution is -0.135. The van der Waals surface area contributed by atoms with Crippen molar-refractivity contribution < 1.29 is 17.9 Å². The van der Waals surface area contributed by atoms with Crippen LogP contribution in [0, 0.1) is 11.3 Å². The number of hydrogen-bond donors (Lipinski definition) is 0. The average molecular weight is 385 g/mol. The number of hydrogen-bond acceptors (Lipinski definition) is 5. The number of halogens is 1. The molecule has 1 aromatic rings. The zero-order valence-corrected chi connectivity index (χ0v) is 15.6. The molecule has 1 unspecified atom stereocenters. The molecule has 0 radical (unpaired) electrons. The van der Waals surface area contributed by atoms with Gasteiger partial charge in [0.15, 0.2) is 16.4 Å². The van der Waals surface area contributed by atoms with E-state index < -0.39 is 9.84 Å². The van der Waals surface area contributed by atoms with E-state index in [9.17, 15) is 13.2 Å². The Morgan fingerprint density at radius 2 is 2.24 bits per heavy atom. The molecular formula is C17H21ClN2O4S. The predicted octanol–water partition coefficient (Wildman–Crippen LogP) is 2.41. The van der Waals surface area contributed by atoms with E-state index in [2.05, 4.69) is 0 Å². The Morgan fingerprint density at radius 1 is 1.48 bits per heavy atom. The van der Waals surface area contributed by atoms with Gasteiger partial charge in [-0.3, -0.25) is 4.79 Å². The maximum atomic E-state index is 12.6. The Morgan fingerprint density at radius 3 is 2.80 bits per heavy atom. The second-order valence-electron chi connectivity index (χ2n) is 6.04. The number of amides is 1. The molecule has 0 bridgehead atoms. The quantitative estimate of drug-likeness (QED) is 0.720. The molecule has 6 nitrogen and oxygen atoms in total. The second kappa shape index (κ2) is 8.54. The molecule has 1 atom stereocenters. The van der Waals surface area contributed by atoms with Gasteiger partial charge >= 0.3 is 0 Å². The van der Waals surface area contributed by atoms with Crippen LogP contribution < -0.4 is 4.74 Å². The molecule has 1 aliphatic rings. The monoisotopic (exact) mass is 384 g/mol. The summed E-state index contributed by atoms with van der Waals surface area (Å²) < 4.78 is 28.9. The van der Waals surface area contributed by atoms with Gasteiger partial charge in [0.1, 0.15) is 5.75 Å². The molecule has 0 spiro atoms. The van der Waals surface area contributed by atoms with Crippen LogP contribution in [0.3, 0.4) is 0 Å². The molecule has 1 heterocycles. The summed E-state index contributed by atoms with van der Waals surface area (Å²) in [6.07, 6.45) is 2.18. The highest BCUT2D eigenvalue weighted by molar-refractivity contribution is 7.91. The molecular weight excluding hydrogens is 364 g/mol. The van der Waals surface area contributed by atoms with E-state index in [1.54, 1.807) is 17.0 Å². The molecule has 1 saturated heterocycles. The highest BCUT2D eigenvalue weighted by Crippen LogP contribution is 2.25. The molecule has 25 heavy (non-hydrogen) atoms. The van der Waals surface area contributed by atoms with E-state index in [1.165, 1.54) is 6.07 Å². The summed E-state index contributed by atoms with van der Waals surface area (Å²) in [5, 5.41) is 9.09. The van der Waals surface area contributed by atoms with Gasteiger partial charge in [-0.2, -0.15) is 5.26 Å². The number of unbranched alkanes of at least 4 members (excludes halogenated alkanes) is 1. The largest absolute Gasteiger partial charge is 0.482 e. The van der Waals surface area contributed by atoms with Crippen LogP contribution in [0.25, 0.3) is 0 Å². The Kier molecular flexibility index (Phi) is 6.68. The van der Waals surface area contributed by atoms with Crippen molar-refractivity contribution >= 4 is 27.3 Å². The van der Waals surface area contributed by atoms with Crippen LogP contribution in [0.2, 0.25) is 5.02 Å². The van der Waals surface area contributed by atoms with Crippen molar-refractivity contribution in [2.45, 2.75) is 32.2 Å². The lowest BCUT2D eigenvalue weighted by atomic mass is 10.2. The number of nitriles is 1. The van der Waals surface area contributed by atoms with Crippen molar-refractivity contribution in [2.24, 2.45) is 0 Å². The third-order valence-electron chi connectivity index (χ3n) is 4.13. The molecule has 2 rings (SSSR count). The third kappa shape index (κ3) is 5.35. The molecule has 8 heteroatoms. The standard InChI is InChI=1S/C17H21ClN2O4S/c1-2-3-7-20(14-6-8-25(22,23)12-14)17(21)11-24-16-5-4-13(10-19)9-15(16)18/h4-5,9,14H,2-3,6-8,11-12H2,1H3. The van der Waals surface area contributed by atoms with Crippen LogP contribution in [0.15, 0.2) is 18.2 Å². The maximum absolute atomic E-state index is 12.6. The van der Waals surface area contributed by atoms with Gasteiger partial charge in [-0.05, 0) is 31.0 Å². The molecule has 0 aliphatic carbocycles. The fourth-order valence-corrected chi connectivity index (χ4v) is 4.74. The van der Waals surface area contributed by atoms with Crippen molar-refractivity contribution in [3.8, 4) is 11.8 Å². The summed E-state index contributed by atoms with van der Waals surface area (Å²) in [6, 6.07) is 6.26. The molecule has 0 saturated carbocycles. The fraction of sp³-hybridized carbons (Fsp3) is 0.529. The first-order chi connectivity index (χ1) is 11.9. The summed E-state index contributed by atoms with van der Waals surface area (Å²) in [5.41, 5.74) is 0.407. The summed E-state index contributed by atoms with van der Waals surface area (Å²) in [4.78, 5) is 14.2. The minimum Gasteiger partial charge on any atom is -0.482 e. The molecule has 136 valence electrons. The third-order valence-corrected chi connectivity index (χ3v) is 6.18. The van der Waals surface area contributed by atoms with Gasteiger partial charge in [-0.25, -0.2) is 8.42 Å². The van der Waals surface area contributed by atoms with Crippen LogP contribution >= 0.6 is 11.6 Å². The van der Waals surface area contributed by atoms with Gasteiger partial charge in [-0.1, -0.05) is 24.9 Å². The smallest absolute Gasteiger partial charge is 0.260 e. The molecule has 0 N–H and O–H groups in total. The zero-order valence-electron chi connectivity index (χ0n) is 14.1. The van der Waals surface area contributed by atoms with Crippen LogP contribution in [0.1, 0.15) is 31.7 Å². The average Bonchev–Trinajstić information content (AvgIpc) is 2.93. The molecule has 1 aliphatic heterocycles. The van der Waals surface area contributed by atoms with Gasteiger partial charge in [0.2, 0.25) is 0 Å². The van der Waals surface area contributed by atoms with Gasteiger partial charge in [-0.15, -0.1) is 0 Å². The van der Waals surface area contributed by atoms with Crippen molar-refractivity contribution in [1.29, 1.82) is 5.26 Å². The first-order valence-electron chi connectivity index (χ1n) is 8.18. The Labute approximate surface area is 153 Å². The van der Waals surface area contributed by atoms with E-state index in [0.717, 1.165) is 12.8 Å². The Hall–Kier alpha value is -1.78. The number of rotatable bonds is 7.